The van der Waals surface area contributed by atoms with Gasteiger partial charge in [0.1, 0.15) is 11.2 Å². The van der Waals surface area contributed by atoms with Gasteiger partial charge in [-0.25, -0.2) is 29.9 Å². The molecule has 0 amide bonds. The Morgan fingerprint density at radius 3 is 1.24 bits per heavy atom. The van der Waals surface area contributed by atoms with Gasteiger partial charge in [0.2, 0.25) is 0 Å². The molecule has 0 radical (unpaired) electrons. The summed E-state index contributed by atoms with van der Waals surface area (Å²) in [4.78, 5) is 31.4. The Kier molecular flexibility index (Phi) is 13.2. The van der Waals surface area contributed by atoms with Gasteiger partial charge in [-0.3, -0.25) is 0 Å². The second-order valence-electron chi connectivity index (χ2n) is 25.3. The number of aromatic nitrogens is 8. The lowest BCUT2D eigenvalue weighted by atomic mass is 9.97. The summed E-state index contributed by atoms with van der Waals surface area (Å²) in [7, 11) is 0. The van der Waals surface area contributed by atoms with Crippen LogP contribution in [0.5, 0.6) is 0 Å². The predicted molar refractivity (Wildman–Crippen MR) is 411 cm³/mol. The summed E-state index contributed by atoms with van der Waals surface area (Å²) in [5.41, 5.74) is 20.2. The molecular formula is C90H54N8OS. The summed E-state index contributed by atoms with van der Waals surface area (Å²) in [6.45, 7) is 0. The first-order chi connectivity index (χ1) is 49.6. The molecule has 10 heteroatoms. The van der Waals surface area contributed by atoms with Gasteiger partial charge in [0, 0.05) is 103 Å². The number of fused-ring (bicyclic) bond motifs is 12. The van der Waals surface area contributed by atoms with Crippen molar-refractivity contribution in [2.75, 3.05) is 0 Å². The second-order valence-corrected chi connectivity index (χ2v) is 26.3. The van der Waals surface area contributed by atoms with Crippen molar-refractivity contribution in [1.29, 1.82) is 0 Å². The maximum atomic E-state index is 6.94. The van der Waals surface area contributed by atoms with Gasteiger partial charge < -0.3 is 13.6 Å². The monoisotopic (exact) mass is 1290 g/mol. The van der Waals surface area contributed by atoms with Crippen molar-refractivity contribution in [3.63, 3.8) is 0 Å². The molecule has 0 spiro atoms. The molecule has 0 N–H and O–H groups in total. The minimum absolute atomic E-state index is 0.555. The predicted octanol–water partition coefficient (Wildman–Crippen LogP) is 23.5. The highest BCUT2D eigenvalue weighted by Crippen LogP contribution is 2.48. The number of para-hydroxylation sites is 4. The molecule has 0 bridgehead atoms. The van der Waals surface area contributed by atoms with Gasteiger partial charge in [0.15, 0.2) is 34.9 Å². The van der Waals surface area contributed by atoms with Gasteiger partial charge in [0.25, 0.3) is 0 Å². The van der Waals surface area contributed by atoms with Crippen molar-refractivity contribution in [1.82, 2.24) is 39.0 Å². The Morgan fingerprint density at radius 1 is 0.240 bits per heavy atom. The maximum absolute atomic E-state index is 6.94. The van der Waals surface area contributed by atoms with Crippen LogP contribution in [0.1, 0.15) is 0 Å². The Hall–Kier alpha value is -13.3. The average Bonchev–Trinajstić information content (AvgIpc) is 1.54. The fourth-order valence-electron chi connectivity index (χ4n) is 14.8. The van der Waals surface area contributed by atoms with Gasteiger partial charge in [-0.1, -0.05) is 231 Å². The Labute approximate surface area is 577 Å². The quantitative estimate of drug-likeness (QED) is 0.127. The van der Waals surface area contributed by atoms with Gasteiger partial charge in [-0.15, -0.1) is 11.3 Å². The first-order valence-corrected chi connectivity index (χ1v) is 34.3. The van der Waals surface area contributed by atoms with Crippen LogP contribution in [0.2, 0.25) is 0 Å². The number of furan rings is 1. The first-order valence-electron chi connectivity index (χ1n) is 33.5. The topological polar surface area (TPSA) is 100 Å². The third-order valence-electron chi connectivity index (χ3n) is 19.5. The van der Waals surface area contributed by atoms with E-state index in [9.17, 15) is 0 Å². The van der Waals surface area contributed by atoms with Crippen molar-refractivity contribution in [2.45, 2.75) is 0 Å². The zero-order valence-corrected chi connectivity index (χ0v) is 54.4. The molecule has 6 aromatic heterocycles. The average molecular weight is 1300 g/mol. The Balaban J connectivity index is 0.663. The first kappa shape index (κ1) is 57.0. The summed E-state index contributed by atoms with van der Waals surface area (Å²) in [6.07, 6.45) is 0. The van der Waals surface area contributed by atoms with E-state index in [0.29, 0.717) is 34.9 Å². The van der Waals surface area contributed by atoms with E-state index >= 15 is 0 Å². The Bertz CT molecular complexity index is 6580. The molecule has 0 atom stereocenters. The molecule has 0 aliphatic heterocycles. The molecule has 0 fully saturated rings. The van der Waals surface area contributed by atoms with Crippen LogP contribution in [0.15, 0.2) is 332 Å². The van der Waals surface area contributed by atoms with Crippen LogP contribution in [0, 0.1) is 0 Å². The highest BCUT2D eigenvalue weighted by atomic mass is 32.1. The van der Waals surface area contributed by atoms with Gasteiger partial charge in [-0.2, -0.15) is 0 Å². The fourth-order valence-corrected chi connectivity index (χ4v) is 16.1. The number of hydrogen-bond donors (Lipinski definition) is 0. The summed E-state index contributed by atoms with van der Waals surface area (Å²) >= 11 is 1.81. The lowest BCUT2D eigenvalue weighted by Gasteiger charge is -2.12. The maximum Gasteiger partial charge on any atom is 0.164 e. The summed E-state index contributed by atoms with van der Waals surface area (Å²) < 4.78 is 14.1. The lowest BCUT2D eigenvalue weighted by molar-refractivity contribution is 0.670. The van der Waals surface area contributed by atoms with Crippen LogP contribution in [0.25, 0.3) is 199 Å². The smallest absolute Gasteiger partial charge is 0.164 e. The number of benzene rings is 14. The molecule has 0 saturated heterocycles. The summed E-state index contributed by atoms with van der Waals surface area (Å²) in [5, 5.41) is 8.94. The molecule has 0 aliphatic carbocycles. The van der Waals surface area contributed by atoms with Crippen LogP contribution in [0.4, 0.5) is 0 Å². The number of nitrogens with zero attached hydrogens (tertiary/aromatic N) is 8. The number of thiophene rings is 1. The summed E-state index contributed by atoms with van der Waals surface area (Å²) in [5.74, 6) is 3.61. The van der Waals surface area contributed by atoms with Crippen LogP contribution in [0.3, 0.4) is 0 Å². The standard InChI is InChI=1S/C90H54N8OS/c1-5-22-56(23-6-1)85-91-86(57-24-7-2-8-25-57)95-90(94-85)72-49-47-66(84-82(72)70-35-16-20-39-80(70)100-84)61-43-51-78-74(54-61)68-33-14-18-37-76(68)98(78)64-44-40-55(41-45-64)59-28-21-29-62(52-59)88-92-87(58-26-9-3-10-27-58)93-89(96-88)71-48-46-65(83-81(71)69-34-15-19-38-79(69)99-83)60-42-50-77-73(53-60)67-32-13-17-36-75(67)97(77)63-30-11-4-12-31-63/h1-54H. The van der Waals surface area contributed by atoms with Gasteiger partial charge in [0.05, 0.1) is 22.1 Å². The molecule has 0 aliphatic rings. The van der Waals surface area contributed by atoms with Crippen molar-refractivity contribution in [3.8, 4) is 113 Å². The molecule has 20 aromatic rings. The normalized spacial score (nSPS) is 11.8. The van der Waals surface area contributed by atoms with Crippen LogP contribution in [-0.4, -0.2) is 39.0 Å². The largest absolute Gasteiger partial charge is 0.455 e. The molecule has 14 aromatic carbocycles. The fraction of sp³-hybridized carbons (Fsp3) is 0. The van der Waals surface area contributed by atoms with E-state index in [2.05, 4.69) is 270 Å². The van der Waals surface area contributed by atoms with Crippen molar-refractivity contribution in [3.05, 3.63) is 328 Å². The molecule has 9 nitrogen and oxygen atoms in total. The third-order valence-corrected chi connectivity index (χ3v) is 20.7. The molecule has 466 valence electrons. The van der Waals surface area contributed by atoms with E-state index in [-0.39, 0.29) is 0 Å². The van der Waals surface area contributed by atoms with E-state index in [1.165, 1.54) is 36.3 Å². The minimum atomic E-state index is 0.555. The van der Waals surface area contributed by atoms with E-state index in [1.54, 1.807) is 0 Å². The van der Waals surface area contributed by atoms with E-state index in [1.807, 2.05) is 78.1 Å². The molecule has 0 saturated carbocycles. The third kappa shape index (κ3) is 9.45. The SMILES string of the molecule is c1ccc(-c2nc(-c3cccc(-c4ccc(-n5c6ccccc6c6cc(-c7ccc(-c8nc(-c9ccccc9)nc(-c9ccccc9)n8)c8c7sc7ccccc78)ccc65)cc4)c3)nc(-c3ccc(-c4ccc5c(c4)c4ccccc4n5-c4ccccc4)c4oc5ccccc5c34)n2)cc1. The van der Waals surface area contributed by atoms with Crippen molar-refractivity contribution in [2.24, 2.45) is 0 Å². The molecule has 6 heterocycles. The van der Waals surface area contributed by atoms with Crippen LogP contribution >= 0.6 is 11.3 Å². The zero-order chi connectivity index (χ0) is 65.8. The van der Waals surface area contributed by atoms with E-state index in [4.69, 9.17) is 34.3 Å². The number of rotatable bonds is 11. The van der Waals surface area contributed by atoms with Crippen molar-refractivity contribution < 1.29 is 4.42 Å². The molecular weight excluding hydrogens is 1240 g/mol. The van der Waals surface area contributed by atoms with Gasteiger partial charge >= 0.3 is 0 Å². The lowest BCUT2D eigenvalue weighted by Crippen LogP contribution is -2.00. The van der Waals surface area contributed by atoms with Crippen LogP contribution < -0.4 is 0 Å². The number of hydrogen-bond acceptors (Lipinski definition) is 8. The van der Waals surface area contributed by atoms with Crippen LogP contribution in [-0.2, 0) is 0 Å². The molecule has 0 unspecified atom stereocenters. The highest BCUT2D eigenvalue weighted by molar-refractivity contribution is 7.26. The second kappa shape index (κ2) is 23.2. The summed E-state index contributed by atoms with van der Waals surface area (Å²) in [6, 6.07) is 115. The molecule has 20 rings (SSSR count). The highest BCUT2D eigenvalue weighted by Gasteiger charge is 2.25. The Morgan fingerprint density at radius 2 is 0.650 bits per heavy atom. The van der Waals surface area contributed by atoms with E-state index in [0.717, 1.165) is 128 Å². The molecule has 100 heavy (non-hydrogen) atoms. The zero-order valence-electron chi connectivity index (χ0n) is 53.6. The van der Waals surface area contributed by atoms with E-state index < -0.39 is 0 Å². The van der Waals surface area contributed by atoms with Crippen molar-refractivity contribution >= 4 is 97.1 Å². The minimum Gasteiger partial charge on any atom is -0.455 e. The van der Waals surface area contributed by atoms with Gasteiger partial charge in [-0.05, 0) is 125 Å².